The quantitative estimate of drug-likeness (QED) is 0.329. The van der Waals surface area contributed by atoms with Gasteiger partial charge in [-0.15, -0.1) is 5.11 Å². The van der Waals surface area contributed by atoms with Crippen LogP contribution in [0.5, 0.6) is 0 Å². The maximum atomic E-state index is 9.76. The fraction of sp³-hybridized carbons (Fsp3) is 0.500. The average Bonchev–Trinajstić information content (AvgIpc) is 2.12. The Bertz CT molecular complexity index is 171. The summed E-state index contributed by atoms with van der Waals surface area (Å²) >= 11 is 0. The third-order valence-electron chi connectivity index (χ3n) is 0.646. The molecule has 0 unspecified atom stereocenters. The molecular weight excluding hydrogens is 112 g/mol. The van der Waals surface area contributed by atoms with Gasteiger partial charge in [-0.05, 0) is 4.92 Å². The number of rotatable bonds is 0. The summed E-state index contributed by atoms with van der Waals surface area (Å²) in [4.78, 5) is 9.16. The molecule has 8 heavy (non-hydrogen) atoms. The molecule has 0 atom stereocenters. The molecule has 42 valence electrons. The molecule has 1 aliphatic heterocycles. The van der Waals surface area contributed by atoms with Gasteiger partial charge < -0.3 is 10.1 Å². The van der Waals surface area contributed by atoms with Crippen molar-refractivity contribution in [3.05, 3.63) is 10.1 Å². The van der Waals surface area contributed by atoms with Gasteiger partial charge >= 0.3 is 5.84 Å². The van der Waals surface area contributed by atoms with Crippen molar-refractivity contribution in [2.24, 2.45) is 15.4 Å². The molecule has 0 bridgehead atoms. The van der Waals surface area contributed by atoms with Crippen LogP contribution in [0.4, 0.5) is 0 Å². The first-order valence-corrected chi connectivity index (χ1v) is 1.88. The molecule has 0 fully saturated rings. The van der Waals surface area contributed by atoms with E-state index in [0.29, 0.717) is 0 Å². The molecule has 0 spiro atoms. The predicted molar refractivity (Wildman–Crippen MR) is 24.2 cm³/mol. The summed E-state index contributed by atoms with van der Waals surface area (Å²) in [6, 6.07) is 0. The predicted octanol–water partition coefficient (Wildman–Crippen LogP) is 0.0424. The minimum Gasteiger partial charge on any atom is -0.358 e. The van der Waals surface area contributed by atoms with Crippen molar-refractivity contribution in [2.45, 2.75) is 0 Å². The topological polar surface area (TPSA) is 80.2 Å². The summed E-state index contributed by atoms with van der Waals surface area (Å²) in [5.74, 6) is -0.190. The third kappa shape index (κ3) is 0.673. The highest BCUT2D eigenvalue weighted by atomic mass is 16.6. The Balaban J connectivity index is 2.64. The Kier molecular flexibility index (Phi) is 0.991. The van der Waals surface area contributed by atoms with Gasteiger partial charge in [-0.3, -0.25) is 0 Å². The van der Waals surface area contributed by atoms with Gasteiger partial charge in [0.1, 0.15) is 5.10 Å². The molecule has 0 aliphatic carbocycles. The number of nitrogens with zero attached hydrogens (tertiary/aromatic N) is 4. The van der Waals surface area contributed by atoms with Crippen molar-refractivity contribution >= 4 is 5.84 Å². The van der Waals surface area contributed by atoms with Gasteiger partial charge in [0.05, 0.1) is 5.22 Å². The van der Waals surface area contributed by atoms with Crippen molar-refractivity contribution in [3.8, 4) is 0 Å². The summed E-state index contributed by atoms with van der Waals surface area (Å²) in [5.41, 5.74) is 0. The largest absolute Gasteiger partial charge is 0.391 e. The lowest BCUT2D eigenvalue weighted by Gasteiger charge is -1.83. The first-order chi connectivity index (χ1) is 3.80. The van der Waals surface area contributed by atoms with E-state index in [-0.39, 0.29) is 12.4 Å². The molecule has 6 heteroatoms. The molecule has 1 heterocycles. The van der Waals surface area contributed by atoms with Crippen molar-refractivity contribution in [1.29, 1.82) is 0 Å². The lowest BCUT2D eigenvalue weighted by atomic mass is 10.6. The van der Waals surface area contributed by atoms with Gasteiger partial charge in [0, 0.05) is 0 Å². The van der Waals surface area contributed by atoms with Crippen molar-refractivity contribution in [1.82, 2.24) is 0 Å². The molecule has 1 aliphatic rings. The highest BCUT2D eigenvalue weighted by molar-refractivity contribution is 5.76. The number of amidine groups is 1. The van der Waals surface area contributed by atoms with Crippen LogP contribution in [0.15, 0.2) is 15.4 Å². The third-order valence-corrected chi connectivity index (χ3v) is 0.646. The normalized spacial score (nSPS) is 16.2. The van der Waals surface area contributed by atoms with Crippen LogP contribution in [0.1, 0.15) is 0 Å². The maximum Gasteiger partial charge on any atom is 0.391 e. The standard InChI is InChI=1S/C2H2N4O2/c7-6(8)2-1-3-5-4-2/h1H2. The Morgan fingerprint density at radius 2 is 2.50 bits per heavy atom. The molecule has 0 aromatic heterocycles. The van der Waals surface area contributed by atoms with Crippen LogP contribution in [-0.2, 0) is 0 Å². The molecule has 0 amide bonds. The van der Waals surface area contributed by atoms with E-state index in [1.807, 2.05) is 0 Å². The van der Waals surface area contributed by atoms with Crippen molar-refractivity contribution in [2.75, 3.05) is 6.54 Å². The van der Waals surface area contributed by atoms with E-state index in [2.05, 4.69) is 15.4 Å². The van der Waals surface area contributed by atoms with Crippen LogP contribution in [-0.4, -0.2) is 17.3 Å². The molecule has 0 saturated carbocycles. The van der Waals surface area contributed by atoms with Gasteiger partial charge in [-0.1, -0.05) is 0 Å². The van der Waals surface area contributed by atoms with Crippen LogP contribution in [0.2, 0.25) is 0 Å². The molecule has 0 aromatic carbocycles. The van der Waals surface area contributed by atoms with E-state index in [9.17, 15) is 10.1 Å². The SMILES string of the molecule is O=[N+]([O-])C1=NN=NC1. The average molecular weight is 114 g/mol. The summed E-state index contributed by atoms with van der Waals surface area (Å²) in [6.45, 7) is 0.00694. The molecule has 0 saturated heterocycles. The van der Waals surface area contributed by atoms with Crippen LogP contribution in [0.3, 0.4) is 0 Å². The fourth-order valence-corrected chi connectivity index (χ4v) is 0.304. The Morgan fingerprint density at radius 3 is 2.75 bits per heavy atom. The van der Waals surface area contributed by atoms with E-state index >= 15 is 0 Å². The van der Waals surface area contributed by atoms with E-state index in [4.69, 9.17) is 0 Å². The zero-order valence-corrected chi connectivity index (χ0v) is 3.81. The number of nitro groups is 1. The first kappa shape index (κ1) is 4.82. The van der Waals surface area contributed by atoms with E-state index in [0.717, 1.165) is 0 Å². The molecule has 0 N–H and O–H groups in total. The van der Waals surface area contributed by atoms with Crippen molar-refractivity contribution < 1.29 is 4.92 Å². The minimum absolute atomic E-state index is 0.00694. The lowest BCUT2D eigenvalue weighted by molar-refractivity contribution is -0.351. The monoisotopic (exact) mass is 114 g/mol. The Hall–Kier alpha value is -1.33. The Morgan fingerprint density at radius 1 is 1.75 bits per heavy atom. The van der Waals surface area contributed by atoms with Gasteiger partial charge in [-0.2, -0.15) is 0 Å². The van der Waals surface area contributed by atoms with E-state index < -0.39 is 4.92 Å². The molecule has 6 nitrogen and oxygen atoms in total. The van der Waals surface area contributed by atoms with Crippen LogP contribution >= 0.6 is 0 Å². The van der Waals surface area contributed by atoms with E-state index in [1.165, 1.54) is 0 Å². The van der Waals surface area contributed by atoms with Crippen LogP contribution in [0, 0.1) is 10.1 Å². The molecule has 0 aromatic rings. The molecule has 1 rings (SSSR count). The summed E-state index contributed by atoms with van der Waals surface area (Å²) in [7, 11) is 0. The maximum absolute atomic E-state index is 9.76. The fourth-order valence-electron chi connectivity index (χ4n) is 0.304. The Labute approximate surface area is 44.1 Å². The van der Waals surface area contributed by atoms with Gasteiger partial charge in [-0.25, -0.2) is 0 Å². The zero-order valence-electron chi connectivity index (χ0n) is 3.81. The van der Waals surface area contributed by atoms with Crippen LogP contribution < -0.4 is 0 Å². The van der Waals surface area contributed by atoms with Crippen LogP contribution in [0.25, 0.3) is 0 Å². The molecule has 0 radical (unpaired) electrons. The highest BCUT2D eigenvalue weighted by Gasteiger charge is 2.15. The minimum atomic E-state index is -0.597. The van der Waals surface area contributed by atoms with Gasteiger partial charge in [0.25, 0.3) is 0 Å². The van der Waals surface area contributed by atoms with Gasteiger partial charge in [0.15, 0.2) is 6.54 Å². The van der Waals surface area contributed by atoms with E-state index in [1.54, 1.807) is 0 Å². The number of hydrogen-bond donors (Lipinski definition) is 0. The van der Waals surface area contributed by atoms with Gasteiger partial charge in [0.2, 0.25) is 0 Å². The molecular formula is C2H2N4O2. The zero-order chi connectivity index (χ0) is 5.98. The number of hydrogen-bond acceptors (Lipinski definition) is 5. The smallest absolute Gasteiger partial charge is 0.358 e. The summed E-state index contributed by atoms with van der Waals surface area (Å²) in [6.07, 6.45) is 0. The van der Waals surface area contributed by atoms with Crippen molar-refractivity contribution in [3.63, 3.8) is 0 Å². The first-order valence-electron chi connectivity index (χ1n) is 1.88. The second kappa shape index (κ2) is 1.65. The second-order valence-corrected chi connectivity index (χ2v) is 1.16. The summed E-state index contributed by atoms with van der Waals surface area (Å²) < 4.78 is 0. The summed E-state index contributed by atoms with van der Waals surface area (Å²) in [5, 5.41) is 19.2. The highest BCUT2D eigenvalue weighted by Crippen LogP contribution is 1.93. The second-order valence-electron chi connectivity index (χ2n) is 1.16. The lowest BCUT2D eigenvalue weighted by Crippen LogP contribution is -2.11.